The number of aliphatic hydroxyl groups is 1. The van der Waals surface area contributed by atoms with E-state index in [1.54, 1.807) is 30.9 Å². The molecule has 1 amide bonds. The van der Waals surface area contributed by atoms with Crippen LogP contribution in [0.3, 0.4) is 0 Å². The predicted octanol–water partition coefficient (Wildman–Crippen LogP) is 4.17. The Labute approximate surface area is 143 Å². The van der Waals surface area contributed by atoms with Gasteiger partial charge in [0.15, 0.2) is 0 Å². The highest BCUT2D eigenvalue weighted by atomic mass is 19.1. The Morgan fingerprint density at radius 1 is 1.21 bits per heavy atom. The molecule has 1 N–H and O–H groups in total. The van der Waals surface area contributed by atoms with Crippen LogP contribution in [0.25, 0.3) is 0 Å². The van der Waals surface area contributed by atoms with Gasteiger partial charge in [-0.25, -0.2) is 9.18 Å². The first kappa shape index (κ1) is 18.7. The van der Waals surface area contributed by atoms with Crippen LogP contribution in [0.15, 0.2) is 18.2 Å². The number of carbonyl (C=O) groups excluding carboxylic acids is 1. The molecule has 24 heavy (non-hydrogen) atoms. The number of amides is 1. The maximum Gasteiger partial charge on any atom is 0.410 e. The Hall–Kier alpha value is -1.62. The van der Waals surface area contributed by atoms with Crippen LogP contribution in [0.1, 0.15) is 64.5 Å². The third kappa shape index (κ3) is 4.69. The molecule has 1 heterocycles. The van der Waals surface area contributed by atoms with Gasteiger partial charge in [0.1, 0.15) is 11.4 Å². The fourth-order valence-corrected chi connectivity index (χ4v) is 2.94. The van der Waals surface area contributed by atoms with E-state index in [9.17, 15) is 14.3 Å². The fraction of sp³-hybridized carbons (Fsp3) is 0.632. The number of hydrogen-bond donors (Lipinski definition) is 1. The quantitative estimate of drug-likeness (QED) is 0.881. The van der Waals surface area contributed by atoms with Gasteiger partial charge in [0, 0.05) is 13.1 Å². The Morgan fingerprint density at radius 3 is 2.25 bits per heavy atom. The Kier molecular flexibility index (Phi) is 5.23. The standard InChI is InChI=1S/C19H28FNO3/c1-18(2,3)24-17(22)21-10-8-13(9-11-21)15-7-6-14(12-16(15)20)19(4,5)23/h6-7,12-13,23H,8-11H2,1-5H3. The van der Waals surface area contributed by atoms with Crippen molar-refractivity contribution >= 4 is 6.09 Å². The lowest BCUT2D eigenvalue weighted by Crippen LogP contribution is -2.41. The van der Waals surface area contributed by atoms with Gasteiger partial charge < -0.3 is 14.7 Å². The third-order valence-electron chi connectivity index (χ3n) is 4.29. The lowest BCUT2D eigenvalue weighted by atomic mass is 9.87. The number of nitrogens with zero attached hydrogens (tertiary/aromatic N) is 1. The van der Waals surface area contributed by atoms with Crippen molar-refractivity contribution in [1.82, 2.24) is 4.90 Å². The van der Waals surface area contributed by atoms with Crippen molar-refractivity contribution < 1.29 is 19.0 Å². The van der Waals surface area contributed by atoms with E-state index in [2.05, 4.69) is 0 Å². The number of rotatable bonds is 2. The molecule has 1 aliphatic heterocycles. The largest absolute Gasteiger partial charge is 0.444 e. The highest BCUT2D eigenvalue weighted by Crippen LogP contribution is 2.32. The smallest absolute Gasteiger partial charge is 0.410 e. The molecule has 0 radical (unpaired) electrons. The molecule has 5 heteroatoms. The zero-order valence-electron chi connectivity index (χ0n) is 15.2. The molecular formula is C19H28FNO3. The molecule has 2 rings (SSSR count). The van der Waals surface area contributed by atoms with E-state index >= 15 is 0 Å². The summed E-state index contributed by atoms with van der Waals surface area (Å²) < 4.78 is 19.8. The zero-order chi connectivity index (χ0) is 18.1. The topological polar surface area (TPSA) is 49.8 Å². The molecular weight excluding hydrogens is 309 g/mol. The summed E-state index contributed by atoms with van der Waals surface area (Å²) in [6.45, 7) is 9.94. The van der Waals surface area contributed by atoms with E-state index in [1.807, 2.05) is 20.8 Å². The molecule has 0 unspecified atom stereocenters. The monoisotopic (exact) mass is 337 g/mol. The van der Waals surface area contributed by atoms with E-state index < -0.39 is 11.2 Å². The summed E-state index contributed by atoms with van der Waals surface area (Å²) in [4.78, 5) is 13.8. The van der Waals surface area contributed by atoms with Crippen LogP contribution >= 0.6 is 0 Å². The molecule has 0 spiro atoms. The zero-order valence-corrected chi connectivity index (χ0v) is 15.2. The minimum absolute atomic E-state index is 0.0829. The van der Waals surface area contributed by atoms with Crippen LogP contribution in [0.5, 0.6) is 0 Å². The second kappa shape index (κ2) is 6.71. The van der Waals surface area contributed by atoms with Gasteiger partial charge in [-0.2, -0.15) is 0 Å². The van der Waals surface area contributed by atoms with Crippen molar-refractivity contribution in [3.05, 3.63) is 35.1 Å². The predicted molar refractivity (Wildman–Crippen MR) is 91.4 cm³/mol. The minimum atomic E-state index is -1.06. The van der Waals surface area contributed by atoms with E-state index in [1.165, 1.54) is 6.07 Å². The summed E-state index contributed by atoms with van der Waals surface area (Å²) in [5.74, 6) is -0.204. The highest BCUT2D eigenvalue weighted by Gasteiger charge is 2.29. The molecule has 134 valence electrons. The molecule has 0 atom stereocenters. The molecule has 0 bridgehead atoms. The molecule has 1 aromatic carbocycles. The van der Waals surface area contributed by atoms with Gasteiger partial charge in [-0.15, -0.1) is 0 Å². The molecule has 1 aromatic rings. The third-order valence-corrected chi connectivity index (χ3v) is 4.29. The number of likely N-dealkylation sites (tertiary alicyclic amines) is 1. The van der Waals surface area contributed by atoms with Crippen molar-refractivity contribution in [1.29, 1.82) is 0 Å². The van der Waals surface area contributed by atoms with Crippen molar-refractivity contribution in [3.8, 4) is 0 Å². The van der Waals surface area contributed by atoms with Gasteiger partial charge in [-0.05, 0) is 70.6 Å². The van der Waals surface area contributed by atoms with Crippen LogP contribution in [0.2, 0.25) is 0 Å². The average molecular weight is 337 g/mol. The lowest BCUT2D eigenvalue weighted by Gasteiger charge is -2.34. The number of hydrogen-bond acceptors (Lipinski definition) is 3. The van der Waals surface area contributed by atoms with Crippen LogP contribution in [-0.4, -0.2) is 34.8 Å². The first-order valence-corrected chi connectivity index (χ1v) is 8.47. The average Bonchev–Trinajstić information content (AvgIpc) is 2.44. The molecule has 0 aromatic heterocycles. The summed E-state index contributed by atoms with van der Waals surface area (Å²) in [5, 5.41) is 9.98. The number of halogens is 1. The lowest BCUT2D eigenvalue weighted by molar-refractivity contribution is 0.0204. The Balaban J connectivity index is 2.01. The van der Waals surface area contributed by atoms with E-state index in [4.69, 9.17) is 4.74 Å². The number of benzene rings is 1. The summed E-state index contributed by atoms with van der Waals surface area (Å²) in [5.41, 5.74) is -0.339. The molecule has 0 saturated carbocycles. The van der Waals surface area contributed by atoms with Crippen LogP contribution in [0, 0.1) is 5.82 Å². The van der Waals surface area contributed by atoms with Crippen molar-refractivity contribution in [2.24, 2.45) is 0 Å². The Bertz CT molecular complexity index is 594. The summed E-state index contributed by atoms with van der Waals surface area (Å²) >= 11 is 0. The number of piperidine rings is 1. The van der Waals surface area contributed by atoms with E-state index in [-0.39, 0.29) is 17.8 Å². The van der Waals surface area contributed by atoms with Gasteiger partial charge in [0.05, 0.1) is 5.60 Å². The molecule has 4 nitrogen and oxygen atoms in total. The summed E-state index contributed by atoms with van der Waals surface area (Å²) in [7, 11) is 0. The normalized spacial score (nSPS) is 17.0. The van der Waals surface area contributed by atoms with Gasteiger partial charge in [0.25, 0.3) is 0 Å². The van der Waals surface area contributed by atoms with Gasteiger partial charge >= 0.3 is 6.09 Å². The first-order chi connectivity index (χ1) is 11.0. The highest BCUT2D eigenvalue weighted by molar-refractivity contribution is 5.68. The van der Waals surface area contributed by atoms with Gasteiger partial charge in [-0.3, -0.25) is 0 Å². The summed E-state index contributed by atoms with van der Waals surface area (Å²) in [6.07, 6.45) is 1.11. The van der Waals surface area contributed by atoms with Crippen molar-refractivity contribution in [2.75, 3.05) is 13.1 Å². The molecule has 1 fully saturated rings. The summed E-state index contributed by atoms with van der Waals surface area (Å²) in [6, 6.07) is 4.95. The molecule has 0 aliphatic carbocycles. The maximum atomic E-state index is 14.4. The molecule has 1 saturated heterocycles. The van der Waals surface area contributed by atoms with Crippen LogP contribution in [-0.2, 0) is 10.3 Å². The first-order valence-electron chi connectivity index (χ1n) is 8.47. The van der Waals surface area contributed by atoms with Crippen molar-refractivity contribution in [2.45, 2.75) is 64.6 Å². The second-order valence-electron chi connectivity index (χ2n) is 8.04. The van der Waals surface area contributed by atoms with E-state index in [0.29, 0.717) is 37.1 Å². The van der Waals surface area contributed by atoms with Gasteiger partial charge in [0.2, 0.25) is 0 Å². The minimum Gasteiger partial charge on any atom is -0.444 e. The Morgan fingerprint density at radius 2 is 1.79 bits per heavy atom. The number of ether oxygens (including phenoxy) is 1. The van der Waals surface area contributed by atoms with Gasteiger partial charge in [-0.1, -0.05) is 12.1 Å². The number of carbonyl (C=O) groups is 1. The van der Waals surface area contributed by atoms with Crippen LogP contribution < -0.4 is 0 Å². The second-order valence-corrected chi connectivity index (χ2v) is 8.04. The molecule has 1 aliphatic rings. The fourth-order valence-electron chi connectivity index (χ4n) is 2.94. The van der Waals surface area contributed by atoms with Crippen molar-refractivity contribution in [3.63, 3.8) is 0 Å². The van der Waals surface area contributed by atoms with E-state index in [0.717, 1.165) is 0 Å². The van der Waals surface area contributed by atoms with Crippen LogP contribution in [0.4, 0.5) is 9.18 Å². The SMILES string of the molecule is CC(C)(C)OC(=O)N1CCC(c2ccc(C(C)(C)O)cc2F)CC1. The maximum absolute atomic E-state index is 14.4.